The standard InChI is InChI=1S/C14H21NO4/c1-5-11(14(16)17)9(2)15-10-6-7-12(18-3)13(8-10)19-4/h6-9,11,15H,5H2,1-4H3,(H,16,17). The molecule has 0 saturated heterocycles. The Labute approximate surface area is 113 Å². The van der Waals surface area contributed by atoms with Crippen LogP contribution in [0.3, 0.4) is 0 Å². The van der Waals surface area contributed by atoms with E-state index in [4.69, 9.17) is 14.6 Å². The van der Waals surface area contributed by atoms with Crippen LogP contribution in [0.1, 0.15) is 20.3 Å². The van der Waals surface area contributed by atoms with Crippen LogP contribution in [0, 0.1) is 5.92 Å². The van der Waals surface area contributed by atoms with Crippen LogP contribution in [0.25, 0.3) is 0 Å². The zero-order valence-electron chi connectivity index (χ0n) is 11.8. The lowest BCUT2D eigenvalue weighted by atomic mass is 9.98. The predicted molar refractivity (Wildman–Crippen MR) is 74.0 cm³/mol. The van der Waals surface area contributed by atoms with Gasteiger partial charge < -0.3 is 19.9 Å². The molecule has 2 atom stereocenters. The SMILES string of the molecule is CCC(C(=O)O)C(C)Nc1ccc(OC)c(OC)c1. The number of ether oxygens (including phenoxy) is 2. The first kappa shape index (κ1) is 15.1. The minimum Gasteiger partial charge on any atom is -0.493 e. The fourth-order valence-electron chi connectivity index (χ4n) is 2.03. The monoisotopic (exact) mass is 267 g/mol. The van der Waals surface area contributed by atoms with Gasteiger partial charge in [0.15, 0.2) is 11.5 Å². The molecule has 5 heteroatoms. The van der Waals surface area contributed by atoms with Gasteiger partial charge in [0.05, 0.1) is 20.1 Å². The van der Waals surface area contributed by atoms with E-state index in [2.05, 4.69) is 5.32 Å². The molecule has 1 aromatic rings. The van der Waals surface area contributed by atoms with Crippen LogP contribution >= 0.6 is 0 Å². The lowest BCUT2D eigenvalue weighted by molar-refractivity contribution is -0.142. The van der Waals surface area contributed by atoms with Crippen LogP contribution in [0.2, 0.25) is 0 Å². The molecule has 106 valence electrons. The third-order valence-corrected chi connectivity index (χ3v) is 3.14. The fourth-order valence-corrected chi connectivity index (χ4v) is 2.03. The van der Waals surface area contributed by atoms with E-state index in [-0.39, 0.29) is 6.04 Å². The number of rotatable bonds is 7. The summed E-state index contributed by atoms with van der Waals surface area (Å²) >= 11 is 0. The minimum atomic E-state index is -0.789. The van der Waals surface area contributed by atoms with Crippen molar-refractivity contribution in [3.05, 3.63) is 18.2 Å². The molecule has 0 aliphatic rings. The van der Waals surface area contributed by atoms with Gasteiger partial charge in [0, 0.05) is 17.8 Å². The third kappa shape index (κ3) is 3.77. The predicted octanol–water partition coefficient (Wildman–Crippen LogP) is 2.62. The number of aliphatic carboxylic acids is 1. The van der Waals surface area contributed by atoms with Crippen LogP contribution in [0.15, 0.2) is 18.2 Å². The number of nitrogens with one attached hydrogen (secondary N) is 1. The summed E-state index contributed by atoms with van der Waals surface area (Å²) in [4.78, 5) is 11.1. The highest BCUT2D eigenvalue weighted by atomic mass is 16.5. The fraction of sp³-hybridized carbons (Fsp3) is 0.500. The summed E-state index contributed by atoms with van der Waals surface area (Å²) < 4.78 is 10.4. The molecule has 0 aliphatic carbocycles. The van der Waals surface area contributed by atoms with Gasteiger partial charge in [-0.25, -0.2) is 0 Å². The first-order valence-corrected chi connectivity index (χ1v) is 6.24. The van der Waals surface area contributed by atoms with E-state index in [1.807, 2.05) is 19.9 Å². The Morgan fingerprint density at radius 1 is 1.32 bits per heavy atom. The van der Waals surface area contributed by atoms with Gasteiger partial charge in [-0.15, -0.1) is 0 Å². The van der Waals surface area contributed by atoms with Crippen LogP contribution in [0.5, 0.6) is 11.5 Å². The van der Waals surface area contributed by atoms with Crippen molar-refractivity contribution in [2.24, 2.45) is 5.92 Å². The molecular weight excluding hydrogens is 246 g/mol. The highest BCUT2D eigenvalue weighted by Crippen LogP contribution is 2.30. The van der Waals surface area contributed by atoms with Crippen molar-refractivity contribution in [3.8, 4) is 11.5 Å². The van der Waals surface area contributed by atoms with E-state index in [0.717, 1.165) is 5.69 Å². The lowest BCUT2D eigenvalue weighted by Gasteiger charge is -2.21. The normalized spacial score (nSPS) is 13.5. The maximum Gasteiger partial charge on any atom is 0.308 e. The van der Waals surface area contributed by atoms with Gasteiger partial charge in [-0.2, -0.15) is 0 Å². The second-order valence-corrected chi connectivity index (χ2v) is 4.36. The quantitative estimate of drug-likeness (QED) is 0.795. The first-order chi connectivity index (χ1) is 9.03. The molecule has 5 nitrogen and oxygen atoms in total. The first-order valence-electron chi connectivity index (χ1n) is 6.24. The Morgan fingerprint density at radius 2 is 1.95 bits per heavy atom. The van der Waals surface area contributed by atoms with Crippen molar-refractivity contribution in [1.29, 1.82) is 0 Å². The molecule has 0 bridgehead atoms. The van der Waals surface area contributed by atoms with Crippen molar-refractivity contribution in [2.45, 2.75) is 26.3 Å². The highest BCUT2D eigenvalue weighted by Gasteiger charge is 2.22. The van der Waals surface area contributed by atoms with Crippen LogP contribution in [-0.2, 0) is 4.79 Å². The highest BCUT2D eigenvalue weighted by molar-refractivity contribution is 5.71. The molecular formula is C14H21NO4. The van der Waals surface area contributed by atoms with Crippen molar-refractivity contribution < 1.29 is 19.4 Å². The van der Waals surface area contributed by atoms with Crippen LogP contribution in [-0.4, -0.2) is 31.3 Å². The number of carboxylic acids is 1. The van der Waals surface area contributed by atoms with E-state index in [0.29, 0.717) is 17.9 Å². The van der Waals surface area contributed by atoms with Crippen molar-refractivity contribution in [3.63, 3.8) is 0 Å². The lowest BCUT2D eigenvalue weighted by Crippen LogP contribution is -2.31. The second kappa shape index (κ2) is 6.87. The summed E-state index contributed by atoms with van der Waals surface area (Å²) in [5.41, 5.74) is 0.810. The van der Waals surface area contributed by atoms with Gasteiger partial charge in [-0.3, -0.25) is 4.79 Å². The smallest absolute Gasteiger partial charge is 0.308 e. The molecule has 1 rings (SSSR count). The summed E-state index contributed by atoms with van der Waals surface area (Å²) in [6, 6.07) is 5.26. The summed E-state index contributed by atoms with van der Waals surface area (Å²) in [6.45, 7) is 3.73. The molecule has 0 amide bonds. The maximum atomic E-state index is 11.1. The molecule has 0 spiro atoms. The van der Waals surface area contributed by atoms with Crippen LogP contribution < -0.4 is 14.8 Å². The summed E-state index contributed by atoms with van der Waals surface area (Å²) in [5, 5.41) is 12.3. The summed E-state index contributed by atoms with van der Waals surface area (Å²) in [7, 11) is 3.14. The van der Waals surface area contributed by atoms with E-state index in [1.54, 1.807) is 26.4 Å². The molecule has 2 unspecified atom stereocenters. The Hall–Kier alpha value is -1.91. The zero-order valence-corrected chi connectivity index (χ0v) is 11.8. The van der Waals surface area contributed by atoms with Gasteiger partial charge in [-0.05, 0) is 25.5 Å². The summed E-state index contributed by atoms with van der Waals surface area (Å²) in [5.74, 6) is 0.0464. The zero-order chi connectivity index (χ0) is 14.4. The Morgan fingerprint density at radius 3 is 2.42 bits per heavy atom. The second-order valence-electron chi connectivity index (χ2n) is 4.36. The van der Waals surface area contributed by atoms with Crippen molar-refractivity contribution >= 4 is 11.7 Å². The van der Waals surface area contributed by atoms with Gasteiger partial charge >= 0.3 is 5.97 Å². The number of benzene rings is 1. The Kier molecular flexibility index (Phi) is 5.48. The molecule has 0 fully saturated rings. The van der Waals surface area contributed by atoms with Gasteiger partial charge in [-0.1, -0.05) is 6.92 Å². The van der Waals surface area contributed by atoms with Gasteiger partial charge in [0.2, 0.25) is 0 Å². The molecule has 1 aromatic carbocycles. The molecule has 0 radical (unpaired) electrons. The molecule has 0 aromatic heterocycles. The van der Waals surface area contributed by atoms with Gasteiger partial charge in [0.25, 0.3) is 0 Å². The molecule has 0 aliphatic heterocycles. The number of anilines is 1. The van der Waals surface area contributed by atoms with Gasteiger partial charge in [0.1, 0.15) is 0 Å². The van der Waals surface area contributed by atoms with E-state index < -0.39 is 11.9 Å². The number of hydrogen-bond acceptors (Lipinski definition) is 4. The molecule has 2 N–H and O–H groups in total. The van der Waals surface area contributed by atoms with E-state index in [1.165, 1.54) is 0 Å². The molecule has 0 heterocycles. The topological polar surface area (TPSA) is 67.8 Å². The number of methoxy groups -OCH3 is 2. The Balaban J connectivity index is 2.84. The number of hydrogen-bond donors (Lipinski definition) is 2. The average molecular weight is 267 g/mol. The van der Waals surface area contributed by atoms with E-state index >= 15 is 0 Å². The number of carbonyl (C=O) groups is 1. The van der Waals surface area contributed by atoms with Crippen molar-refractivity contribution in [1.82, 2.24) is 0 Å². The third-order valence-electron chi connectivity index (χ3n) is 3.14. The average Bonchev–Trinajstić information content (AvgIpc) is 2.38. The Bertz CT molecular complexity index is 433. The number of carboxylic acid groups (broad SMARTS) is 1. The maximum absolute atomic E-state index is 11.1. The molecule has 19 heavy (non-hydrogen) atoms. The minimum absolute atomic E-state index is 0.166. The molecule has 0 saturated carbocycles. The van der Waals surface area contributed by atoms with Crippen LogP contribution in [0.4, 0.5) is 5.69 Å². The van der Waals surface area contributed by atoms with Crippen molar-refractivity contribution in [2.75, 3.05) is 19.5 Å². The summed E-state index contributed by atoms with van der Waals surface area (Å²) in [6.07, 6.45) is 0.580. The van der Waals surface area contributed by atoms with E-state index in [9.17, 15) is 4.79 Å². The largest absolute Gasteiger partial charge is 0.493 e.